The summed E-state index contributed by atoms with van der Waals surface area (Å²) in [5.41, 5.74) is 0.216. The Bertz CT molecular complexity index is 216. The fraction of sp³-hybridized carbons (Fsp3) is 0.600. The topological polar surface area (TPSA) is 33.4 Å². The minimum Gasteiger partial charge on any atom is -0.472 e. The number of furan rings is 1. The first-order valence-corrected chi connectivity index (χ1v) is 4.48. The summed E-state index contributed by atoms with van der Waals surface area (Å²) >= 11 is 0. The summed E-state index contributed by atoms with van der Waals surface area (Å²) in [6.07, 6.45) is 5.74. The van der Waals surface area contributed by atoms with Crippen LogP contribution in [0.5, 0.6) is 0 Å². The van der Waals surface area contributed by atoms with Crippen LogP contribution in [0.25, 0.3) is 0 Å². The summed E-state index contributed by atoms with van der Waals surface area (Å²) in [6, 6.07) is 1.83. The lowest BCUT2D eigenvalue weighted by molar-refractivity contribution is 0.0221. The minimum absolute atomic E-state index is 0.679. The van der Waals surface area contributed by atoms with Gasteiger partial charge in [0.05, 0.1) is 18.1 Å². The molecule has 0 aliphatic rings. The quantitative estimate of drug-likeness (QED) is 0.749. The largest absolute Gasteiger partial charge is 0.472 e. The third-order valence-electron chi connectivity index (χ3n) is 2.31. The van der Waals surface area contributed by atoms with E-state index in [0.29, 0.717) is 0 Å². The monoisotopic (exact) mass is 168 g/mol. The molecule has 1 N–H and O–H groups in total. The van der Waals surface area contributed by atoms with Gasteiger partial charge in [-0.3, -0.25) is 0 Å². The van der Waals surface area contributed by atoms with Gasteiger partial charge in [-0.05, 0) is 18.9 Å². The highest BCUT2D eigenvalue weighted by Gasteiger charge is 2.26. The molecule has 0 radical (unpaired) electrons. The molecule has 68 valence electrons. The van der Waals surface area contributed by atoms with Gasteiger partial charge >= 0.3 is 0 Å². The van der Waals surface area contributed by atoms with Crippen LogP contribution in [-0.2, 0) is 5.60 Å². The van der Waals surface area contributed by atoms with Crippen LogP contribution in [0.2, 0.25) is 0 Å². The Morgan fingerprint density at radius 3 is 2.67 bits per heavy atom. The van der Waals surface area contributed by atoms with Gasteiger partial charge in [0.25, 0.3) is 0 Å². The van der Waals surface area contributed by atoms with E-state index in [9.17, 15) is 5.11 Å². The predicted molar refractivity (Wildman–Crippen MR) is 47.8 cm³/mol. The standard InChI is InChI=1S/C10H16O2/c1-3-6-10(11,4-2)9-5-7-12-8-9/h5,7-8,11H,3-4,6H2,1-2H3. The molecule has 1 atom stereocenters. The molecular weight excluding hydrogens is 152 g/mol. The van der Waals surface area contributed by atoms with E-state index in [0.717, 1.165) is 24.8 Å². The molecule has 0 bridgehead atoms. The second kappa shape index (κ2) is 3.76. The number of hydrogen-bond donors (Lipinski definition) is 1. The van der Waals surface area contributed by atoms with Gasteiger partial charge in [-0.15, -0.1) is 0 Å². The average molecular weight is 168 g/mol. The van der Waals surface area contributed by atoms with Crippen LogP contribution in [-0.4, -0.2) is 5.11 Å². The first-order valence-electron chi connectivity index (χ1n) is 4.48. The lowest BCUT2D eigenvalue weighted by atomic mass is 9.89. The summed E-state index contributed by atoms with van der Waals surface area (Å²) < 4.78 is 4.95. The van der Waals surface area contributed by atoms with Gasteiger partial charge in [-0.25, -0.2) is 0 Å². The highest BCUT2D eigenvalue weighted by molar-refractivity contribution is 5.15. The zero-order valence-electron chi connectivity index (χ0n) is 7.71. The Kier molecular flexibility index (Phi) is 2.93. The van der Waals surface area contributed by atoms with Gasteiger partial charge < -0.3 is 9.52 Å². The van der Waals surface area contributed by atoms with Crippen LogP contribution in [0.4, 0.5) is 0 Å². The van der Waals surface area contributed by atoms with Crippen LogP contribution >= 0.6 is 0 Å². The molecule has 1 heterocycles. The Morgan fingerprint density at radius 1 is 1.50 bits per heavy atom. The van der Waals surface area contributed by atoms with E-state index in [2.05, 4.69) is 6.92 Å². The van der Waals surface area contributed by atoms with Crippen LogP contribution in [0, 0.1) is 0 Å². The molecule has 0 aromatic carbocycles. The maximum absolute atomic E-state index is 10.1. The lowest BCUT2D eigenvalue weighted by Crippen LogP contribution is -2.23. The molecule has 0 aliphatic carbocycles. The maximum atomic E-state index is 10.1. The molecule has 0 saturated carbocycles. The zero-order chi connectivity index (χ0) is 9.03. The molecule has 1 aromatic rings. The Hall–Kier alpha value is -0.760. The number of hydrogen-bond acceptors (Lipinski definition) is 2. The van der Waals surface area contributed by atoms with Crippen LogP contribution in [0.3, 0.4) is 0 Å². The number of rotatable bonds is 4. The molecule has 0 fully saturated rings. The molecular formula is C10H16O2. The molecule has 2 nitrogen and oxygen atoms in total. The molecule has 0 spiro atoms. The van der Waals surface area contributed by atoms with Gasteiger partial charge in [0.2, 0.25) is 0 Å². The highest BCUT2D eigenvalue weighted by atomic mass is 16.3. The molecule has 2 heteroatoms. The van der Waals surface area contributed by atoms with Crippen LogP contribution < -0.4 is 0 Å². The molecule has 0 saturated heterocycles. The van der Waals surface area contributed by atoms with Gasteiger partial charge in [0.15, 0.2) is 0 Å². The van der Waals surface area contributed by atoms with Gasteiger partial charge in [0.1, 0.15) is 0 Å². The van der Waals surface area contributed by atoms with E-state index in [1.807, 2.05) is 13.0 Å². The highest BCUT2D eigenvalue weighted by Crippen LogP contribution is 2.29. The minimum atomic E-state index is -0.679. The predicted octanol–water partition coefficient (Wildman–Crippen LogP) is 2.68. The first kappa shape index (κ1) is 9.33. The van der Waals surface area contributed by atoms with Crippen molar-refractivity contribution < 1.29 is 9.52 Å². The summed E-state index contributed by atoms with van der Waals surface area (Å²) in [7, 11) is 0. The second-order valence-electron chi connectivity index (χ2n) is 3.15. The zero-order valence-corrected chi connectivity index (χ0v) is 7.71. The van der Waals surface area contributed by atoms with E-state index < -0.39 is 5.60 Å². The van der Waals surface area contributed by atoms with Crippen molar-refractivity contribution in [1.82, 2.24) is 0 Å². The average Bonchev–Trinajstić information content (AvgIpc) is 2.57. The Labute approximate surface area is 73.2 Å². The van der Waals surface area contributed by atoms with Crippen molar-refractivity contribution in [2.24, 2.45) is 0 Å². The summed E-state index contributed by atoms with van der Waals surface area (Å²) in [5, 5.41) is 10.1. The first-order chi connectivity index (χ1) is 5.73. The lowest BCUT2D eigenvalue weighted by Gasteiger charge is -2.24. The summed E-state index contributed by atoms with van der Waals surface area (Å²) in [6.45, 7) is 4.06. The SMILES string of the molecule is CCCC(O)(CC)c1ccoc1. The summed E-state index contributed by atoms with van der Waals surface area (Å²) in [5.74, 6) is 0. The van der Waals surface area contributed by atoms with Crippen molar-refractivity contribution in [2.75, 3.05) is 0 Å². The van der Waals surface area contributed by atoms with E-state index in [1.54, 1.807) is 12.5 Å². The van der Waals surface area contributed by atoms with Crippen molar-refractivity contribution in [3.8, 4) is 0 Å². The van der Waals surface area contributed by atoms with Gasteiger partial charge in [-0.1, -0.05) is 20.3 Å². The van der Waals surface area contributed by atoms with E-state index in [4.69, 9.17) is 4.42 Å². The normalized spacial score (nSPS) is 15.9. The molecule has 12 heavy (non-hydrogen) atoms. The smallest absolute Gasteiger partial charge is 0.0963 e. The van der Waals surface area contributed by atoms with Crippen molar-refractivity contribution >= 4 is 0 Å². The molecule has 1 unspecified atom stereocenters. The van der Waals surface area contributed by atoms with E-state index in [-0.39, 0.29) is 0 Å². The molecule has 1 aromatic heterocycles. The third kappa shape index (κ3) is 1.69. The number of aliphatic hydroxyl groups is 1. The van der Waals surface area contributed by atoms with Crippen LogP contribution in [0.15, 0.2) is 23.0 Å². The van der Waals surface area contributed by atoms with Gasteiger partial charge in [-0.2, -0.15) is 0 Å². The van der Waals surface area contributed by atoms with E-state index >= 15 is 0 Å². The Morgan fingerprint density at radius 2 is 2.25 bits per heavy atom. The van der Waals surface area contributed by atoms with Gasteiger partial charge in [0, 0.05) is 5.56 Å². The van der Waals surface area contributed by atoms with E-state index in [1.165, 1.54) is 0 Å². The van der Waals surface area contributed by atoms with Crippen molar-refractivity contribution in [3.05, 3.63) is 24.2 Å². The fourth-order valence-electron chi connectivity index (χ4n) is 1.47. The third-order valence-corrected chi connectivity index (χ3v) is 2.31. The fourth-order valence-corrected chi connectivity index (χ4v) is 1.47. The Balaban J connectivity index is 2.80. The molecule has 0 amide bonds. The van der Waals surface area contributed by atoms with Crippen molar-refractivity contribution in [3.63, 3.8) is 0 Å². The molecule has 0 aliphatic heterocycles. The maximum Gasteiger partial charge on any atom is 0.0963 e. The molecule has 1 rings (SSSR count). The summed E-state index contributed by atoms with van der Waals surface area (Å²) in [4.78, 5) is 0. The second-order valence-corrected chi connectivity index (χ2v) is 3.15. The van der Waals surface area contributed by atoms with Crippen molar-refractivity contribution in [1.29, 1.82) is 0 Å². The van der Waals surface area contributed by atoms with Crippen LogP contribution in [0.1, 0.15) is 38.7 Å². The van der Waals surface area contributed by atoms with Crippen molar-refractivity contribution in [2.45, 2.75) is 38.7 Å².